The van der Waals surface area contributed by atoms with E-state index in [1.165, 1.54) is 0 Å². The molecule has 0 spiro atoms. The minimum atomic E-state index is -0.0418. The Bertz CT molecular complexity index is 373. The zero-order valence-corrected chi connectivity index (χ0v) is 12.6. The second-order valence-electron chi connectivity index (χ2n) is 5.96. The van der Waals surface area contributed by atoms with Crippen LogP contribution in [0.1, 0.15) is 25.7 Å². The zero-order chi connectivity index (χ0) is 13.9. The van der Waals surface area contributed by atoms with Gasteiger partial charge in [-0.2, -0.15) is 11.8 Å². The maximum absolute atomic E-state index is 12.1. The summed E-state index contributed by atoms with van der Waals surface area (Å²) in [7, 11) is 0. The average Bonchev–Trinajstić information content (AvgIpc) is 3.33. The van der Waals surface area contributed by atoms with Crippen molar-refractivity contribution in [2.24, 2.45) is 5.92 Å². The van der Waals surface area contributed by atoms with Gasteiger partial charge in [-0.1, -0.05) is 0 Å². The lowest BCUT2D eigenvalue weighted by molar-refractivity contribution is -0.133. The first-order valence-corrected chi connectivity index (χ1v) is 8.80. The third-order valence-electron chi connectivity index (χ3n) is 4.32. The fraction of sp³-hybridized carbons (Fsp3) is 0.857. The van der Waals surface area contributed by atoms with Crippen LogP contribution in [0.15, 0.2) is 0 Å². The largest absolute Gasteiger partial charge is 0.352 e. The Balaban J connectivity index is 1.41. The Labute approximate surface area is 124 Å². The lowest BCUT2D eigenvalue weighted by atomic mass is 10.0. The number of thioether (sulfide) groups is 1. The van der Waals surface area contributed by atoms with Gasteiger partial charge in [-0.25, -0.2) is 0 Å². The number of nitrogens with one attached hydrogen (secondary N) is 2. The molecular formula is C14H23N3O2S. The Morgan fingerprint density at radius 2 is 1.90 bits per heavy atom. The van der Waals surface area contributed by atoms with Crippen molar-refractivity contribution in [3.63, 3.8) is 0 Å². The molecule has 1 unspecified atom stereocenters. The molecule has 3 fully saturated rings. The van der Waals surface area contributed by atoms with Gasteiger partial charge in [0.15, 0.2) is 0 Å². The van der Waals surface area contributed by atoms with Gasteiger partial charge < -0.3 is 15.5 Å². The van der Waals surface area contributed by atoms with E-state index in [2.05, 4.69) is 10.6 Å². The Kier molecular flexibility index (Phi) is 4.51. The summed E-state index contributed by atoms with van der Waals surface area (Å²) in [5.41, 5.74) is 0. The molecule has 0 bridgehead atoms. The van der Waals surface area contributed by atoms with Gasteiger partial charge >= 0.3 is 0 Å². The molecule has 1 aliphatic carbocycles. The third-order valence-corrected chi connectivity index (χ3v) is 5.38. The molecule has 6 heteroatoms. The van der Waals surface area contributed by atoms with E-state index in [-0.39, 0.29) is 18.0 Å². The molecule has 3 aliphatic rings. The van der Waals surface area contributed by atoms with E-state index in [0.29, 0.717) is 11.8 Å². The average molecular weight is 297 g/mol. The lowest BCUT2D eigenvalue weighted by Gasteiger charge is -2.33. The van der Waals surface area contributed by atoms with Gasteiger partial charge in [0.05, 0.1) is 6.04 Å². The monoisotopic (exact) mass is 297 g/mol. The molecule has 0 aromatic carbocycles. The molecule has 2 N–H and O–H groups in total. The second kappa shape index (κ2) is 6.35. The van der Waals surface area contributed by atoms with Crippen LogP contribution in [0.2, 0.25) is 0 Å². The van der Waals surface area contributed by atoms with Gasteiger partial charge in [-0.05, 0) is 25.7 Å². The van der Waals surface area contributed by atoms with Crippen LogP contribution in [-0.4, -0.2) is 59.9 Å². The molecule has 0 radical (unpaired) electrons. The summed E-state index contributed by atoms with van der Waals surface area (Å²) in [4.78, 5) is 26.1. The molecule has 2 heterocycles. The summed E-state index contributed by atoms with van der Waals surface area (Å²) in [6, 6.07) is 0.194. The molecule has 20 heavy (non-hydrogen) atoms. The maximum Gasteiger partial charge on any atom is 0.238 e. The van der Waals surface area contributed by atoms with Crippen LogP contribution in [0.5, 0.6) is 0 Å². The molecule has 5 nitrogen and oxygen atoms in total. The quantitative estimate of drug-likeness (QED) is 0.782. The first-order chi connectivity index (χ1) is 9.74. The minimum absolute atomic E-state index is 0.0418. The normalized spacial score (nSPS) is 28.2. The van der Waals surface area contributed by atoms with Gasteiger partial charge in [0.1, 0.15) is 0 Å². The van der Waals surface area contributed by atoms with Gasteiger partial charge in [-0.3, -0.25) is 9.59 Å². The molecule has 0 aromatic heterocycles. The molecular weight excluding hydrogens is 274 g/mol. The van der Waals surface area contributed by atoms with E-state index in [0.717, 1.165) is 56.8 Å². The first kappa shape index (κ1) is 14.2. The smallest absolute Gasteiger partial charge is 0.238 e. The number of rotatable bonds is 3. The lowest BCUT2D eigenvalue weighted by Crippen LogP contribution is -2.54. The topological polar surface area (TPSA) is 61.4 Å². The highest BCUT2D eigenvalue weighted by Gasteiger charge is 2.35. The van der Waals surface area contributed by atoms with Gasteiger partial charge in [-0.15, -0.1) is 0 Å². The Hall–Kier alpha value is -0.750. The molecule has 3 rings (SSSR count). The summed E-state index contributed by atoms with van der Waals surface area (Å²) in [6.07, 6.45) is 3.93. The van der Waals surface area contributed by atoms with E-state index < -0.39 is 0 Å². The van der Waals surface area contributed by atoms with Crippen LogP contribution < -0.4 is 10.6 Å². The fourth-order valence-electron chi connectivity index (χ4n) is 2.87. The van der Waals surface area contributed by atoms with E-state index >= 15 is 0 Å². The molecule has 0 aromatic rings. The van der Waals surface area contributed by atoms with Crippen molar-refractivity contribution in [3.05, 3.63) is 0 Å². The number of carbonyl (C=O) groups excluding carboxylic acids is 2. The van der Waals surface area contributed by atoms with Crippen LogP contribution in [0.25, 0.3) is 0 Å². The van der Waals surface area contributed by atoms with Crippen molar-refractivity contribution in [1.29, 1.82) is 0 Å². The van der Waals surface area contributed by atoms with Gasteiger partial charge in [0.25, 0.3) is 0 Å². The van der Waals surface area contributed by atoms with Crippen LogP contribution in [-0.2, 0) is 9.59 Å². The molecule has 1 saturated carbocycles. The third kappa shape index (κ3) is 3.47. The second-order valence-corrected chi connectivity index (χ2v) is 7.11. The van der Waals surface area contributed by atoms with Crippen LogP contribution in [0.3, 0.4) is 0 Å². The van der Waals surface area contributed by atoms with Gasteiger partial charge in [0.2, 0.25) is 11.8 Å². The number of likely N-dealkylation sites (tertiary alicyclic amines) is 1. The summed E-state index contributed by atoms with van der Waals surface area (Å²) in [6.45, 7) is 2.51. The Morgan fingerprint density at radius 3 is 2.50 bits per heavy atom. The van der Waals surface area contributed by atoms with E-state index in [4.69, 9.17) is 0 Å². The Morgan fingerprint density at radius 1 is 1.15 bits per heavy atom. The van der Waals surface area contributed by atoms with Crippen molar-refractivity contribution in [3.8, 4) is 0 Å². The number of piperidine rings is 1. The van der Waals surface area contributed by atoms with Crippen LogP contribution >= 0.6 is 11.8 Å². The molecule has 2 saturated heterocycles. The SMILES string of the molecule is O=C(NC1CCN(C(=O)C2CC2)CC1)C1CSCCN1. The van der Waals surface area contributed by atoms with E-state index in [1.807, 2.05) is 16.7 Å². The van der Waals surface area contributed by atoms with E-state index in [9.17, 15) is 9.59 Å². The minimum Gasteiger partial charge on any atom is -0.352 e. The predicted octanol–water partition coefficient (Wildman–Crippen LogP) is 0.209. The number of carbonyl (C=O) groups is 2. The highest BCUT2D eigenvalue weighted by molar-refractivity contribution is 7.99. The van der Waals surface area contributed by atoms with Crippen molar-refractivity contribution >= 4 is 23.6 Å². The van der Waals surface area contributed by atoms with E-state index in [1.54, 1.807) is 0 Å². The predicted molar refractivity (Wildman–Crippen MR) is 79.6 cm³/mol. The van der Waals surface area contributed by atoms with Crippen molar-refractivity contribution in [2.75, 3.05) is 31.1 Å². The standard InChI is InChI=1S/C14H23N3O2S/c18-13(12-9-20-8-5-15-12)16-11-3-6-17(7-4-11)14(19)10-1-2-10/h10-12,15H,1-9H2,(H,16,18). The highest BCUT2D eigenvalue weighted by atomic mass is 32.2. The van der Waals surface area contributed by atoms with Crippen LogP contribution in [0, 0.1) is 5.92 Å². The number of hydrogen-bond donors (Lipinski definition) is 2. The number of nitrogens with zero attached hydrogens (tertiary/aromatic N) is 1. The molecule has 2 aliphatic heterocycles. The summed E-state index contributed by atoms with van der Waals surface area (Å²) >= 11 is 1.83. The maximum atomic E-state index is 12.1. The van der Waals surface area contributed by atoms with Crippen molar-refractivity contribution < 1.29 is 9.59 Å². The highest BCUT2D eigenvalue weighted by Crippen LogP contribution is 2.31. The zero-order valence-electron chi connectivity index (χ0n) is 11.8. The molecule has 1 atom stereocenters. The fourth-order valence-corrected chi connectivity index (χ4v) is 3.80. The van der Waals surface area contributed by atoms with Crippen LogP contribution in [0.4, 0.5) is 0 Å². The number of amides is 2. The molecule has 2 amide bonds. The first-order valence-electron chi connectivity index (χ1n) is 7.64. The van der Waals surface area contributed by atoms with Gasteiger partial charge in [0, 0.05) is 43.1 Å². The summed E-state index contributed by atoms with van der Waals surface area (Å²) in [5, 5.41) is 6.40. The number of hydrogen-bond acceptors (Lipinski definition) is 4. The van der Waals surface area contributed by atoms with Crippen molar-refractivity contribution in [1.82, 2.24) is 15.5 Å². The van der Waals surface area contributed by atoms with Crippen molar-refractivity contribution in [2.45, 2.75) is 37.8 Å². The molecule has 112 valence electrons. The summed E-state index contributed by atoms with van der Waals surface area (Å²) in [5.74, 6) is 2.73. The summed E-state index contributed by atoms with van der Waals surface area (Å²) < 4.78 is 0.